The van der Waals surface area contributed by atoms with Crippen LogP contribution in [0.15, 0.2) is 53.5 Å². The van der Waals surface area contributed by atoms with Crippen molar-refractivity contribution in [2.75, 3.05) is 18.5 Å². The maximum Gasteiger partial charge on any atom is 0.259 e. The molecule has 3 rings (SSSR count). The summed E-state index contributed by atoms with van der Waals surface area (Å²) < 4.78 is 0. The summed E-state index contributed by atoms with van der Waals surface area (Å²) in [5.74, 6) is 0.821. The second-order valence-electron chi connectivity index (χ2n) is 7.43. The van der Waals surface area contributed by atoms with Gasteiger partial charge < -0.3 is 4.90 Å². The first kappa shape index (κ1) is 19.2. The van der Waals surface area contributed by atoms with Crippen molar-refractivity contribution in [2.45, 2.75) is 46.1 Å². The van der Waals surface area contributed by atoms with Gasteiger partial charge in [-0.1, -0.05) is 49.7 Å². The largest absolute Gasteiger partial charge is 0.345 e. The van der Waals surface area contributed by atoms with E-state index >= 15 is 0 Å². The van der Waals surface area contributed by atoms with Crippen molar-refractivity contribution in [2.24, 2.45) is 4.99 Å². The lowest BCUT2D eigenvalue weighted by atomic mass is 10.1. The van der Waals surface area contributed by atoms with Gasteiger partial charge >= 0.3 is 0 Å². The molecule has 4 heteroatoms. The van der Waals surface area contributed by atoms with Crippen molar-refractivity contribution < 1.29 is 4.79 Å². The quantitative estimate of drug-likeness (QED) is 0.765. The van der Waals surface area contributed by atoms with E-state index in [2.05, 4.69) is 56.0 Å². The zero-order valence-electron chi connectivity index (χ0n) is 16.8. The molecule has 0 bridgehead atoms. The summed E-state index contributed by atoms with van der Waals surface area (Å²) in [7, 11) is 2.03. The molecule has 0 saturated heterocycles. The molecule has 0 aliphatic carbocycles. The maximum absolute atomic E-state index is 13.3. The molecule has 0 fully saturated rings. The molecule has 1 heterocycles. The van der Waals surface area contributed by atoms with Crippen molar-refractivity contribution >= 4 is 17.6 Å². The summed E-state index contributed by atoms with van der Waals surface area (Å²) in [4.78, 5) is 22.1. The maximum atomic E-state index is 13.3. The van der Waals surface area contributed by atoms with Gasteiger partial charge in [0.25, 0.3) is 5.91 Å². The minimum atomic E-state index is -0.368. The van der Waals surface area contributed by atoms with Crippen LogP contribution in [-0.2, 0) is 11.2 Å². The number of carbonyl (C=O) groups excluding carboxylic acids is 1. The van der Waals surface area contributed by atoms with Crippen LogP contribution in [0.4, 0.5) is 5.69 Å². The van der Waals surface area contributed by atoms with Gasteiger partial charge in [-0.15, -0.1) is 0 Å². The Bertz CT molecular complexity index is 809. The zero-order chi connectivity index (χ0) is 19.4. The van der Waals surface area contributed by atoms with Crippen LogP contribution >= 0.6 is 0 Å². The van der Waals surface area contributed by atoms with E-state index in [1.54, 1.807) is 0 Å². The number of hydrogen-bond donors (Lipinski definition) is 0. The molecule has 142 valence electrons. The highest BCUT2D eigenvalue weighted by Gasteiger charge is 2.37. The normalized spacial score (nSPS) is 16.6. The standard InChI is InChI=1S/C23H29N3O/c1-5-6-12-25(4)23-24-21(16-19-10-8-7-9-11-19)22(27)26(23)20-14-17(2)13-18(3)15-20/h7-11,13-15,21H,5-6,12,16H2,1-4H3. The number of anilines is 1. The number of aryl methyl sites for hydroxylation is 2. The van der Waals surface area contributed by atoms with Crippen LogP contribution in [0.3, 0.4) is 0 Å². The average Bonchev–Trinajstić information content (AvgIpc) is 2.96. The molecule has 0 radical (unpaired) electrons. The second kappa shape index (κ2) is 8.38. The lowest BCUT2D eigenvalue weighted by Crippen LogP contribution is -2.43. The number of benzene rings is 2. The van der Waals surface area contributed by atoms with Crippen LogP contribution in [0, 0.1) is 13.8 Å². The van der Waals surface area contributed by atoms with E-state index in [1.807, 2.05) is 30.1 Å². The van der Waals surface area contributed by atoms with Crippen molar-refractivity contribution in [1.82, 2.24) is 4.90 Å². The SMILES string of the molecule is CCCCN(C)C1=NC(Cc2ccccc2)C(=O)N1c1cc(C)cc(C)c1. The first-order chi connectivity index (χ1) is 13.0. The van der Waals surface area contributed by atoms with Gasteiger partial charge in [0.2, 0.25) is 5.96 Å². The molecule has 4 nitrogen and oxygen atoms in total. The highest BCUT2D eigenvalue weighted by Crippen LogP contribution is 2.26. The summed E-state index contributed by atoms with van der Waals surface area (Å²) in [6.45, 7) is 7.20. The fourth-order valence-corrected chi connectivity index (χ4v) is 3.56. The van der Waals surface area contributed by atoms with Gasteiger partial charge in [0.15, 0.2) is 0 Å². The molecule has 2 aromatic rings. The monoisotopic (exact) mass is 363 g/mol. The lowest BCUT2D eigenvalue weighted by molar-refractivity contribution is -0.118. The molecule has 0 aromatic heterocycles. The number of aliphatic imine (C=N–C) groups is 1. The minimum Gasteiger partial charge on any atom is -0.345 e. The molecule has 0 N–H and O–H groups in total. The van der Waals surface area contributed by atoms with Crippen molar-refractivity contribution in [1.29, 1.82) is 0 Å². The van der Waals surface area contributed by atoms with Crippen LogP contribution in [0.25, 0.3) is 0 Å². The predicted octanol–water partition coefficient (Wildman–Crippen LogP) is 4.35. The van der Waals surface area contributed by atoms with E-state index in [9.17, 15) is 4.79 Å². The van der Waals surface area contributed by atoms with E-state index in [0.29, 0.717) is 6.42 Å². The van der Waals surface area contributed by atoms with Crippen LogP contribution in [0.1, 0.15) is 36.5 Å². The van der Waals surface area contributed by atoms with Gasteiger partial charge in [0, 0.05) is 20.0 Å². The van der Waals surface area contributed by atoms with Gasteiger partial charge in [-0.2, -0.15) is 0 Å². The van der Waals surface area contributed by atoms with Crippen molar-refractivity contribution in [3.8, 4) is 0 Å². The minimum absolute atomic E-state index is 0.0576. The van der Waals surface area contributed by atoms with Crippen molar-refractivity contribution in [3.05, 3.63) is 65.2 Å². The lowest BCUT2D eigenvalue weighted by Gasteiger charge is -2.27. The molecule has 2 aromatic carbocycles. The summed E-state index contributed by atoms with van der Waals surface area (Å²) in [5.41, 5.74) is 4.35. The Kier molecular flexibility index (Phi) is 5.94. The highest BCUT2D eigenvalue weighted by molar-refractivity contribution is 6.22. The molecule has 0 saturated carbocycles. The molecule has 1 unspecified atom stereocenters. The fourth-order valence-electron chi connectivity index (χ4n) is 3.56. The summed E-state index contributed by atoms with van der Waals surface area (Å²) in [6, 6.07) is 16.0. The van der Waals surface area contributed by atoms with E-state index in [-0.39, 0.29) is 11.9 Å². The molecular formula is C23H29N3O. The molecule has 1 aliphatic rings. The number of rotatable bonds is 6. The van der Waals surface area contributed by atoms with Crippen LogP contribution in [-0.4, -0.2) is 36.4 Å². The fraction of sp³-hybridized carbons (Fsp3) is 0.391. The highest BCUT2D eigenvalue weighted by atomic mass is 16.2. The molecule has 1 atom stereocenters. The van der Waals surface area contributed by atoms with E-state index in [1.165, 1.54) is 0 Å². The van der Waals surface area contributed by atoms with Gasteiger partial charge in [-0.05, 0) is 49.1 Å². The molecule has 27 heavy (non-hydrogen) atoms. The van der Waals surface area contributed by atoms with Crippen LogP contribution < -0.4 is 4.90 Å². The van der Waals surface area contributed by atoms with Gasteiger partial charge in [0.1, 0.15) is 6.04 Å². The Labute approximate surface area is 162 Å². The molecule has 0 spiro atoms. The molecule has 1 aliphatic heterocycles. The second-order valence-corrected chi connectivity index (χ2v) is 7.43. The van der Waals surface area contributed by atoms with Crippen LogP contribution in [0.5, 0.6) is 0 Å². The Hall–Kier alpha value is -2.62. The first-order valence-corrected chi connectivity index (χ1v) is 9.74. The first-order valence-electron chi connectivity index (χ1n) is 9.74. The third-order valence-electron chi connectivity index (χ3n) is 4.90. The average molecular weight is 364 g/mol. The number of amides is 1. The number of unbranched alkanes of at least 4 members (excludes halogenated alkanes) is 1. The topological polar surface area (TPSA) is 35.9 Å². The summed E-state index contributed by atoms with van der Waals surface area (Å²) in [5, 5.41) is 0. The van der Waals surface area contributed by atoms with E-state index in [4.69, 9.17) is 4.99 Å². The number of carbonyl (C=O) groups is 1. The Morgan fingerprint density at radius 1 is 1.07 bits per heavy atom. The van der Waals surface area contributed by atoms with Crippen molar-refractivity contribution in [3.63, 3.8) is 0 Å². The molecular weight excluding hydrogens is 334 g/mol. The van der Waals surface area contributed by atoms with Gasteiger partial charge in [-0.3, -0.25) is 4.79 Å². The predicted molar refractivity (Wildman–Crippen MR) is 112 cm³/mol. The molecule has 1 amide bonds. The van der Waals surface area contributed by atoms with E-state index in [0.717, 1.165) is 47.7 Å². The summed E-state index contributed by atoms with van der Waals surface area (Å²) in [6.07, 6.45) is 2.82. The smallest absolute Gasteiger partial charge is 0.259 e. The van der Waals surface area contributed by atoms with Gasteiger partial charge in [0.05, 0.1) is 5.69 Å². The number of guanidine groups is 1. The van der Waals surface area contributed by atoms with Gasteiger partial charge in [-0.25, -0.2) is 9.89 Å². The third-order valence-corrected chi connectivity index (χ3v) is 4.90. The number of nitrogens with zero attached hydrogens (tertiary/aromatic N) is 3. The Morgan fingerprint density at radius 3 is 2.37 bits per heavy atom. The Morgan fingerprint density at radius 2 is 1.74 bits per heavy atom. The zero-order valence-corrected chi connectivity index (χ0v) is 16.8. The Balaban J connectivity index is 1.94. The summed E-state index contributed by atoms with van der Waals surface area (Å²) >= 11 is 0. The number of hydrogen-bond acceptors (Lipinski definition) is 3. The van der Waals surface area contributed by atoms with Crippen LogP contribution in [0.2, 0.25) is 0 Å². The third kappa shape index (κ3) is 4.38. The van der Waals surface area contributed by atoms with E-state index < -0.39 is 0 Å².